The topological polar surface area (TPSA) is 80.4 Å². The molecule has 5 aromatic rings. The first-order valence-electron chi connectivity index (χ1n) is 11.7. The van der Waals surface area contributed by atoms with Crippen molar-refractivity contribution in [1.29, 1.82) is 0 Å². The van der Waals surface area contributed by atoms with E-state index in [-0.39, 0.29) is 5.91 Å². The van der Waals surface area contributed by atoms with Crippen molar-refractivity contribution >= 4 is 28.1 Å². The molecule has 0 spiro atoms. The Kier molecular flexibility index (Phi) is 6.05. The van der Waals surface area contributed by atoms with Gasteiger partial charge in [-0.1, -0.05) is 12.1 Å². The third-order valence-electron chi connectivity index (χ3n) is 6.12. The second-order valence-electron chi connectivity index (χ2n) is 9.13. The highest BCUT2D eigenvalue weighted by Crippen LogP contribution is 2.28. The molecule has 0 aliphatic carbocycles. The molecule has 0 aliphatic heterocycles. The molecule has 8 nitrogen and oxygen atoms in total. The molecule has 0 aliphatic rings. The largest absolute Gasteiger partial charge is 0.320 e. The molecule has 8 heteroatoms. The van der Waals surface area contributed by atoms with Crippen LogP contribution in [0.15, 0.2) is 60.9 Å². The minimum absolute atomic E-state index is 0.210. The first kappa shape index (κ1) is 22.7. The predicted octanol–water partition coefficient (Wildman–Crippen LogP) is 4.10. The summed E-state index contributed by atoms with van der Waals surface area (Å²) in [5.74, 6) is -0.210. The number of fused-ring (bicyclic) bond motifs is 2. The van der Waals surface area contributed by atoms with Gasteiger partial charge in [-0.15, -0.1) is 0 Å². The highest BCUT2D eigenvalue weighted by atomic mass is 16.1. The average molecular weight is 468 g/mol. The highest BCUT2D eigenvalue weighted by Gasteiger charge is 2.17. The fraction of sp³-hybridized carbons (Fsp3) is 0.259. The van der Waals surface area contributed by atoms with Crippen LogP contribution in [0.25, 0.3) is 16.6 Å². The molecule has 4 aromatic heterocycles. The summed E-state index contributed by atoms with van der Waals surface area (Å²) in [7, 11) is 4.11. The van der Waals surface area contributed by atoms with Crippen LogP contribution >= 0.6 is 0 Å². The molecule has 0 fully saturated rings. The van der Waals surface area contributed by atoms with Gasteiger partial charge in [0.25, 0.3) is 5.91 Å². The molecule has 0 radical (unpaired) electrons. The Morgan fingerprint density at radius 1 is 1.09 bits per heavy atom. The fourth-order valence-electron chi connectivity index (χ4n) is 4.37. The van der Waals surface area contributed by atoms with Gasteiger partial charge in [0.1, 0.15) is 11.3 Å². The molecule has 5 rings (SSSR count). The number of anilines is 1. The maximum Gasteiger partial charge on any atom is 0.274 e. The summed E-state index contributed by atoms with van der Waals surface area (Å²) >= 11 is 0. The lowest BCUT2D eigenvalue weighted by atomic mass is 10.1. The average Bonchev–Trinajstić information content (AvgIpc) is 3.39. The second kappa shape index (κ2) is 9.31. The van der Waals surface area contributed by atoms with Crippen LogP contribution in [0.1, 0.15) is 33.1 Å². The van der Waals surface area contributed by atoms with Crippen LogP contribution in [0.4, 0.5) is 5.69 Å². The van der Waals surface area contributed by atoms with E-state index in [0.29, 0.717) is 12.2 Å². The third kappa shape index (κ3) is 4.65. The van der Waals surface area contributed by atoms with Gasteiger partial charge >= 0.3 is 0 Å². The highest BCUT2D eigenvalue weighted by molar-refractivity contribution is 6.08. The zero-order chi connectivity index (χ0) is 24.5. The van der Waals surface area contributed by atoms with Crippen LogP contribution in [-0.2, 0) is 13.0 Å². The first-order chi connectivity index (χ1) is 16.9. The van der Waals surface area contributed by atoms with Crippen molar-refractivity contribution in [1.82, 2.24) is 29.0 Å². The normalized spacial score (nSPS) is 11.6. The van der Waals surface area contributed by atoms with Crippen molar-refractivity contribution in [3.8, 4) is 0 Å². The van der Waals surface area contributed by atoms with E-state index < -0.39 is 0 Å². The lowest BCUT2D eigenvalue weighted by molar-refractivity contribution is 0.102. The van der Waals surface area contributed by atoms with Crippen molar-refractivity contribution in [2.45, 2.75) is 26.8 Å². The van der Waals surface area contributed by atoms with E-state index in [1.165, 1.54) is 5.56 Å². The van der Waals surface area contributed by atoms with Gasteiger partial charge in [0, 0.05) is 23.8 Å². The first-order valence-corrected chi connectivity index (χ1v) is 11.7. The van der Waals surface area contributed by atoms with E-state index >= 15 is 0 Å². The van der Waals surface area contributed by atoms with Gasteiger partial charge in [-0.05, 0) is 76.3 Å². The van der Waals surface area contributed by atoms with Crippen molar-refractivity contribution in [3.05, 3.63) is 89.3 Å². The summed E-state index contributed by atoms with van der Waals surface area (Å²) in [6, 6.07) is 15.9. The molecule has 35 heavy (non-hydrogen) atoms. The molecule has 178 valence electrons. The third-order valence-corrected chi connectivity index (χ3v) is 6.12. The quantitative estimate of drug-likeness (QED) is 0.390. The monoisotopic (exact) mass is 467 g/mol. The van der Waals surface area contributed by atoms with Crippen LogP contribution in [0.5, 0.6) is 0 Å². The number of aryl methyl sites for hydroxylation is 2. The Bertz CT molecular complexity index is 1530. The SMILES string of the molecule is Cc1cccc(Cn2nc(C)c3c(NC(=O)c4cnc5cc(CCN(C)C)ccn45)cccc32)n1. The van der Waals surface area contributed by atoms with Gasteiger partial charge in [0.15, 0.2) is 0 Å². The fourth-order valence-corrected chi connectivity index (χ4v) is 4.37. The molecule has 0 saturated heterocycles. The number of rotatable bonds is 7. The van der Waals surface area contributed by atoms with E-state index in [1.54, 1.807) is 6.20 Å². The molecule has 1 amide bonds. The predicted molar refractivity (Wildman–Crippen MR) is 138 cm³/mol. The van der Waals surface area contributed by atoms with Gasteiger partial charge in [0.05, 0.1) is 35.3 Å². The Morgan fingerprint density at radius 3 is 2.71 bits per heavy atom. The molecular formula is C27H29N7O. The lowest BCUT2D eigenvalue weighted by Crippen LogP contribution is -2.16. The van der Waals surface area contributed by atoms with Crippen LogP contribution in [0.3, 0.4) is 0 Å². The number of nitrogens with zero attached hydrogens (tertiary/aromatic N) is 6. The van der Waals surface area contributed by atoms with Crippen molar-refractivity contribution in [3.63, 3.8) is 0 Å². The Labute approximate surface area is 204 Å². The number of aromatic nitrogens is 5. The summed E-state index contributed by atoms with van der Waals surface area (Å²) in [6.07, 6.45) is 4.47. The molecule has 0 atom stereocenters. The van der Waals surface area contributed by atoms with Crippen molar-refractivity contribution in [2.24, 2.45) is 0 Å². The summed E-state index contributed by atoms with van der Waals surface area (Å²) in [6.45, 7) is 5.46. The Morgan fingerprint density at radius 2 is 1.91 bits per heavy atom. The zero-order valence-corrected chi connectivity index (χ0v) is 20.5. The second-order valence-corrected chi connectivity index (χ2v) is 9.13. The number of hydrogen-bond acceptors (Lipinski definition) is 5. The van der Waals surface area contributed by atoms with E-state index in [4.69, 9.17) is 5.10 Å². The van der Waals surface area contributed by atoms with Gasteiger partial charge < -0.3 is 10.2 Å². The number of nitrogens with one attached hydrogen (secondary N) is 1. The number of pyridine rings is 2. The molecule has 1 aromatic carbocycles. The smallest absolute Gasteiger partial charge is 0.274 e. The maximum atomic E-state index is 13.3. The van der Waals surface area contributed by atoms with Crippen LogP contribution in [0, 0.1) is 13.8 Å². The molecule has 4 heterocycles. The van der Waals surface area contributed by atoms with Crippen LogP contribution < -0.4 is 5.32 Å². The van der Waals surface area contributed by atoms with E-state index in [1.807, 2.05) is 77.7 Å². The summed E-state index contributed by atoms with van der Waals surface area (Å²) in [5, 5.41) is 8.75. The molecule has 0 unspecified atom stereocenters. The van der Waals surface area contributed by atoms with E-state index in [9.17, 15) is 4.79 Å². The number of imidazole rings is 1. The Balaban J connectivity index is 1.42. The minimum Gasteiger partial charge on any atom is -0.320 e. The van der Waals surface area contributed by atoms with Crippen LogP contribution in [-0.4, -0.2) is 55.6 Å². The van der Waals surface area contributed by atoms with E-state index in [2.05, 4.69) is 34.3 Å². The Hall–Kier alpha value is -4.04. The molecular weight excluding hydrogens is 438 g/mol. The van der Waals surface area contributed by atoms with Crippen molar-refractivity contribution < 1.29 is 4.79 Å². The van der Waals surface area contributed by atoms with Gasteiger partial charge in [0.2, 0.25) is 0 Å². The van der Waals surface area contributed by atoms with Crippen LogP contribution in [0.2, 0.25) is 0 Å². The van der Waals surface area contributed by atoms with Gasteiger partial charge in [-0.2, -0.15) is 5.10 Å². The molecule has 0 bridgehead atoms. The standard InChI is InChI=1S/C27H29N7O/c1-18-7-5-8-21(29-18)17-34-23-10-6-9-22(26(23)19(2)31-34)30-27(35)24-16-28-25-15-20(11-13-32(3)4)12-14-33(24)25/h5-10,12,14-16H,11,13,17H2,1-4H3,(H,30,35). The molecule has 1 N–H and O–H groups in total. The number of hydrogen-bond donors (Lipinski definition) is 1. The zero-order valence-electron chi connectivity index (χ0n) is 20.5. The number of benzene rings is 1. The lowest BCUT2D eigenvalue weighted by Gasteiger charge is -2.10. The number of amides is 1. The van der Waals surface area contributed by atoms with E-state index in [0.717, 1.165) is 52.3 Å². The van der Waals surface area contributed by atoms with Gasteiger partial charge in [-0.25, -0.2) is 4.98 Å². The summed E-state index contributed by atoms with van der Waals surface area (Å²) < 4.78 is 3.76. The number of carbonyl (C=O) groups is 1. The number of likely N-dealkylation sites (N-methyl/N-ethyl adjacent to an activating group) is 1. The van der Waals surface area contributed by atoms with Gasteiger partial charge in [-0.3, -0.25) is 18.9 Å². The summed E-state index contributed by atoms with van der Waals surface area (Å²) in [5.41, 5.74) is 6.90. The van der Waals surface area contributed by atoms with Crippen molar-refractivity contribution in [2.75, 3.05) is 26.0 Å². The minimum atomic E-state index is -0.210. The maximum absolute atomic E-state index is 13.3. The summed E-state index contributed by atoms with van der Waals surface area (Å²) in [4.78, 5) is 24.5. The molecule has 0 saturated carbocycles. The number of carbonyl (C=O) groups excluding carboxylic acids is 1.